The van der Waals surface area contributed by atoms with Crippen molar-refractivity contribution >= 4 is 21.6 Å². The summed E-state index contributed by atoms with van der Waals surface area (Å²) in [6.07, 6.45) is 1.56. The van der Waals surface area contributed by atoms with Crippen molar-refractivity contribution in [2.24, 2.45) is 0 Å². The van der Waals surface area contributed by atoms with Crippen molar-refractivity contribution in [1.29, 1.82) is 0 Å². The van der Waals surface area contributed by atoms with Crippen molar-refractivity contribution < 1.29 is 18.3 Å². The minimum absolute atomic E-state index is 0.200. The lowest BCUT2D eigenvalue weighted by Gasteiger charge is -2.10. The molecule has 1 amide bonds. The maximum atomic E-state index is 12.6. The average molecular weight is 439 g/mol. The van der Waals surface area contributed by atoms with Crippen LogP contribution in [-0.4, -0.2) is 26.0 Å². The predicted molar refractivity (Wildman–Crippen MR) is 122 cm³/mol. The van der Waals surface area contributed by atoms with Crippen molar-refractivity contribution in [2.45, 2.75) is 31.6 Å². The highest BCUT2D eigenvalue weighted by Crippen LogP contribution is 2.19. The summed E-state index contributed by atoms with van der Waals surface area (Å²) < 4.78 is 27.7. The summed E-state index contributed by atoms with van der Waals surface area (Å²) in [5, 5.41) is 12.2. The number of sulfonamides is 1. The second kappa shape index (κ2) is 9.66. The van der Waals surface area contributed by atoms with E-state index in [1.807, 2.05) is 26.0 Å². The van der Waals surface area contributed by atoms with Gasteiger partial charge in [0.1, 0.15) is 5.75 Å². The number of hydrogen-bond acceptors (Lipinski definition) is 4. The topological polar surface area (TPSA) is 95.5 Å². The summed E-state index contributed by atoms with van der Waals surface area (Å²) in [7, 11) is -3.70. The first-order chi connectivity index (χ1) is 14.7. The van der Waals surface area contributed by atoms with Gasteiger partial charge in [-0.1, -0.05) is 18.2 Å². The molecule has 3 aromatic carbocycles. The summed E-state index contributed by atoms with van der Waals surface area (Å²) in [6, 6.07) is 18.3. The second-order valence-corrected chi connectivity index (χ2v) is 9.14. The molecule has 0 bridgehead atoms. The number of phenols is 1. The molecule has 31 heavy (non-hydrogen) atoms. The van der Waals surface area contributed by atoms with E-state index in [2.05, 4.69) is 10.0 Å². The Kier molecular flexibility index (Phi) is 6.97. The van der Waals surface area contributed by atoms with Crippen LogP contribution in [0.4, 0.5) is 5.69 Å². The Bertz CT molecular complexity index is 1160. The molecule has 0 unspecified atom stereocenters. The molecule has 0 atom stereocenters. The molecule has 0 spiro atoms. The molecule has 3 aromatic rings. The zero-order chi connectivity index (χ0) is 22.4. The standard InChI is InChI=1S/C24H26N2O4S/c1-17-5-14-23(16-18(17)2)31(29,30)26-21-10-8-20(9-11-21)24(28)25-15-3-4-19-6-12-22(27)13-7-19/h5-14,16,26-27H,3-4,15H2,1-2H3,(H,25,28). The van der Waals surface area contributed by atoms with Crippen LogP contribution in [0, 0.1) is 13.8 Å². The number of carbonyl (C=O) groups is 1. The highest BCUT2D eigenvalue weighted by atomic mass is 32.2. The molecule has 0 radical (unpaired) electrons. The molecular weight excluding hydrogens is 412 g/mol. The van der Waals surface area contributed by atoms with Gasteiger partial charge in [-0.05, 0) is 91.9 Å². The molecular formula is C24H26N2O4S. The van der Waals surface area contributed by atoms with E-state index < -0.39 is 10.0 Å². The molecule has 0 aliphatic heterocycles. The number of benzene rings is 3. The molecule has 3 rings (SSSR count). The van der Waals surface area contributed by atoms with E-state index in [0.717, 1.165) is 29.5 Å². The molecule has 0 aliphatic carbocycles. The van der Waals surface area contributed by atoms with E-state index in [1.165, 1.54) is 0 Å². The van der Waals surface area contributed by atoms with Gasteiger partial charge in [0.05, 0.1) is 4.90 Å². The minimum Gasteiger partial charge on any atom is -0.508 e. The fourth-order valence-corrected chi connectivity index (χ4v) is 4.19. The SMILES string of the molecule is Cc1ccc(S(=O)(=O)Nc2ccc(C(=O)NCCCc3ccc(O)cc3)cc2)cc1C. The predicted octanol–water partition coefficient (Wildman–Crippen LogP) is 4.17. The quantitative estimate of drug-likeness (QED) is 0.460. The smallest absolute Gasteiger partial charge is 0.261 e. The Morgan fingerprint density at radius 3 is 2.23 bits per heavy atom. The number of rotatable bonds is 8. The fourth-order valence-electron chi connectivity index (χ4n) is 3.04. The molecule has 7 heteroatoms. The van der Waals surface area contributed by atoms with Crippen LogP contribution >= 0.6 is 0 Å². The molecule has 0 aliphatic rings. The van der Waals surface area contributed by atoms with Crippen molar-refractivity contribution in [1.82, 2.24) is 5.32 Å². The largest absolute Gasteiger partial charge is 0.508 e. The molecule has 0 aromatic heterocycles. The molecule has 0 fully saturated rings. The van der Waals surface area contributed by atoms with Gasteiger partial charge in [-0.3, -0.25) is 9.52 Å². The van der Waals surface area contributed by atoms with Crippen LogP contribution < -0.4 is 10.0 Å². The summed E-state index contributed by atoms with van der Waals surface area (Å²) in [5.74, 6) is 0.0195. The minimum atomic E-state index is -3.70. The molecule has 6 nitrogen and oxygen atoms in total. The summed E-state index contributed by atoms with van der Waals surface area (Å²) in [5.41, 5.74) is 3.87. The summed E-state index contributed by atoms with van der Waals surface area (Å²) >= 11 is 0. The third-order valence-corrected chi connectivity index (χ3v) is 6.43. The van der Waals surface area contributed by atoms with Crippen molar-refractivity contribution in [3.8, 4) is 5.75 Å². The van der Waals surface area contributed by atoms with E-state index >= 15 is 0 Å². The summed E-state index contributed by atoms with van der Waals surface area (Å²) in [4.78, 5) is 12.5. The van der Waals surface area contributed by atoms with E-state index in [-0.39, 0.29) is 16.6 Å². The number of carbonyl (C=O) groups excluding carboxylic acids is 1. The molecule has 0 heterocycles. The number of phenolic OH excluding ortho intramolecular Hbond substituents is 1. The molecule has 3 N–H and O–H groups in total. The Balaban J connectivity index is 1.53. The summed E-state index contributed by atoms with van der Waals surface area (Å²) in [6.45, 7) is 4.31. The zero-order valence-corrected chi connectivity index (χ0v) is 18.4. The van der Waals surface area contributed by atoms with Gasteiger partial charge in [-0.25, -0.2) is 8.42 Å². The first-order valence-corrected chi connectivity index (χ1v) is 11.5. The van der Waals surface area contributed by atoms with E-state index in [0.29, 0.717) is 17.8 Å². The Morgan fingerprint density at radius 2 is 1.58 bits per heavy atom. The second-order valence-electron chi connectivity index (χ2n) is 7.45. The number of anilines is 1. The van der Waals surface area contributed by atoms with Crippen LogP contribution in [0.1, 0.15) is 33.5 Å². The number of nitrogens with one attached hydrogen (secondary N) is 2. The fraction of sp³-hybridized carbons (Fsp3) is 0.208. The van der Waals surface area contributed by atoms with Crippen LogP contribution in [0.2, 0.25) is 0 Å². The normalized spacial score (nSPS) is 11.2. The maximum Gasteiger partial charge on any atom is 0.261 e. The Morgan fingerprint density at radius 1 is 0.903 bits per heavy atom. The van der Waals surface area contributed by atoms with Crippen LogP contribution in [0.15, 0.2) is 71.6 Å². The molecule has 162 valence electrons. The van der Waals surface area contributed by atoms with Crippen LogP contribution in [0.5, 0.6) is 5.75 Å². The molecule has 0 saturated carbocycles. The van der Waals surface area contributed by atoms with Gasteiger partial charge in [-0.2, -0.15) is 0 Å². The van der Waals surface area contributed by atoms with Gasteiger partial charge in [0.25, 0.3) is 15.9 Å². The van der Waals surface area contributed by atoms with Gasteiger partial charge in [0.2, 0.25) is 0 Å². The third kappa shape index (κ3) is 6.08. The Hall–Kier alpha value is -3.32. The van der Waals surface area contributed by atoms with E-state index in [1.54, 1.807) is 54.6 Å². The monoisotopic (exact) mass is 438 g/mol. The van der Waals surface area contributed by atoms with Gasteiger partial charge < -0.3 is 10.4 Å². The average Bonchev–Trinajstić information content (AvgIpc) is 2.74. The van der Waals surface area contributed by atoms with Crippen LogP contribution in [0.3, 0.4) is 0 Å². The lowest BCUT2D eigenvalue weighted by Crippen LogP contribution is -2.24. The van der Waals surface area contributed by atoms with Gasteiger partial charge in [-0.15, -0.1) is 0 Å². The maximum absolute atomic E-state index is 12.6. The van der Waals surface area contributed by atoms with Crippen molar-refractivity contribution in [3.63, 3.8) is 0 Å². The first-order valence-electron chi connectivity index (χ1n) is 10.0. The van der Waals surface area contributed by atoms with Gasteiger partial charge in [0, 0.05) is 17.8 Å². The number of aryl methyl sites for hydroxylation is 3. The van der Waals surface area contributed by atoms with Gasteiger partial charge >= 0.3 is 0 Å². The lowest BCUT2D eigenvalue weighted by molar-refractivity contribution is 0.0953. The van der Waals surface area contributed by atoms with Crippen molar-refractivity contribution in [2.75, 3.05) is 11.3 Å². The van der Waals surface area contributed by atoms with E-state index in [4.69, 9.17) is 0 Å². The third-order valence-electron chi connectivity index (χ3n) is 5.05. The number of aromatic hydroxyl groups is 1. The van der Waals surface area contributed by atoms with E-state index in [9.17, 15) is 18.3 Å². The Labute approximate surface area is 183 Å². The zero-order valence-electron chi connectivity index (χ0n) is 17.6. The molecule has 0 saturated heterocycles. The lowest BCUT2D eigenvalue weighted by atomic mass is 10.1. The first kappa shape index (κ1) is 22.4. The number of hydrogen-bond donors (Lipinski definition) is 3. The van der Waals surface area contributed by atoms with Crippen LogP contribution in [-0.2, 0) is 16.4 Å². The highest BCUT2D eigenvalue weighted by molar-refractivity contribution is 7.92. The van der Waals surface area contributed by atoms with Crippen molar-refractivity contribution in [3.05, 3.63) is 89.0 Å². The highest BCUT2D eigenvalue weighted by Gasteiger charge is 2.15. The van der Waals surface area contributed by atoms with Gasteiger partial charge in [0.15, 0.2) is 0 Å². The number of amides is 1. The van der Waals surface area contributed by atoms with Crippen LogP contribution in [0.25, 0.3) is 0 Å².